The number of benzene rings is 12. The summed E-state index contributed by atoms with van der Waals surface area (Å²) in [6.07, 6.45) is 0. The first kappa shape index (κ1) is 52.8. The van der Waals surface area contributed by atoms with Gasteiger partial charge in [-0.25, -0.2) is 0 Å². The van der Waals surface area contributed by atoms with Crippen molar-refractivity contribution in [3.63, 3.8) is 0 Å². The first-order chi connectivity index (χ1) is 37.7. The summed E-state index contributed by atoms with van der Waals surface area (Å²) < 4.78 is 0. The first-order valence-corrected chi connectivity index (χ1v) is 32.5. The van der Waals surface area contributed by atoms with Crippen LogP contribution in [0.25, 0.3) is 32.7 Å². The van der Waals surface area contributed by atoms with Crippen LogP contribution >= 0.6 is 33.5 Å². The molecule has 12 aromatic carbocycles. The van der Waals surface area contributed by atoms with E-state index in [1.807, 2.05) is 23.4 Å². The molecule has 0 spiro atoms. The van der Waals surface area contributed by atoms with Crippen LogP contribution in [0.5, 0.6) is 0 Å². The van der Waals surface area contributed by atoms with Crippen molar-refractivity contribution in [2.24, 2.45) is 5.73 Å². The Balaban J connectivity index is 0.000000187. The molecule has 0 aliphatic carbocycles. The van der Waals surface area contributed by atoms with E-state index < -0.39 is 23.8 Å². The van der Waals surface area contributed by atoms with Crippen LogP contribution in [0.15, 0.2) is 315 Å². The average Bonchev–Trinajstić information content (AvgIpc) is 3.53. The fraction of sp³-hybridized carbons (Fsp3) is 0.0286. The Morgan fingerprint density at radius 2 is 0.539 bits per heavy atom. The molecule has 2 atom stereocenters. The summed E-state index contributed by atoms with van der Waals surface area (Å²) in [5, 5.41) is 16.4. The third-order valence-electron chi connectivity index (χ3n) is 14.1. The molecule has 1 nitrogen and oxygen atoms in total. The van der Waals surface area contributed by atoms with Gasteiger partial charge in [0.25, 0.3) is 0 Å². The second-order valence-electron chi connectivity index (χ2n) is 18.6. The molecule has 0 aromatic heterocycles. The van der Waals surface area contributed by atoms with Gasteiger partial charge in [-0.2, -0.15) is 0 Å². The summed E-state index contributed by atoms with van der Waals surface area (Å²) in [5.74, 6) is 0. The molecule has 0 aliphatic heterocycles. The van der Waals surface area contributed by atoms with Gasteiger partial charge in [0.1, 0.15) is 37.5 Å². The number of hydrogen-bond donors (Lipinski definition) is 1. The minimum Gasteiger partial charge on any atom is -0.0620 e. The van der Waals surface area contributed by atoms with Gasteiger partial charge >= 0.3 is 27.0 Å². The van der Waals surface area contributed by atoms with Gasteiger partial charge in [-0.1, -0.05) is 231 Å². The number of nitrogens with two attached hydrogens (primary N) is 1. The average molecular weight is 1140 g/mol. The van der Waals surface area contributed by atoms with Crippen LogP contribution in [-0.2, 0) is 17.3 Å². The van der Waals surface area contributed by atoms with Gasteiger partial charge in [-0.15, -0.1) is 0 Å². The summed E-state index contributed by atoms with van der Waals surface area (Å²) in [4.78, 5) is 0. The van der Waals surface area contributed by atoms with E-state index in [9.17, 15) is 0 Å². The van der Waals surface area contributed by atoms with Gasteiger partial charge in [0.15, 0.2) is 0 Å². The van der Waals surface area contributed by atoms with Crippen molar-refractivity contribution in [2.45, 2.75) is 11.7 Å². The van der Waals surface area contributed by atoms with Crippen LogP contribution in [0.4, 0.5) is 0 Å². The maximum absolute atomic E-state index is 6.97. The van der Waals surface area contributed by atoms with E-state index in [4.69, 9.17) is 5.73 Å². The molecule has 0 amide bonds. The molecular weight excluding hydrogens is 1080 g/mol. The van der Waals surface area contributed by atoms with Crippen molar-refractivity contribution >= 4 is 97.4 Å². The molecule has 0 unspecified atom stereocenters. The normalized spacial score (nSPS) is 11.9. The molecule has 0 radical (unpaired) electrons. The molecule has 0 fully saturated rings. The Bertz CT molecular complexity index is 3410. The zero-order chi connectivity index (χ0) is 51.9. The Labute approximate surface area is 466 Å². The molecule has 6 heteroatoms. The summed E-state index contributed by atoms with van der Waals surface area (Å²) in [5.41, 5.74) is 12.4. The standard InChI is InChI=1S/C44H32P2.C26H24NP.ClH.Ru/c1-5-19-35(20-6-1)45(36-21-7-2-8-22-36)41-31-29-33-17-13-15-27-39(33)43(41)44-40-28-16-14-18-34(40)30-32-42(44)46(37-23-9-3-10-24-37)38-25-11-4-12-26-38;27-25(21-13-5-1-6-14-21)26(22-15-7-2-8-16-22)28(23-17-9-3-10-18-23)24-19-11-4-12-20-24;;/h1-32H;1-20,25-26H,27H2;1H;/q;;;+2/p+2/t;25-,26-;;/m.0../s1. The van der Waals surface area contributed by atoms with Crippen molar-refractivity contribution in [3.05, 3.63) is 327 Å². The largest absolute Gasteiger partial charge is 0.111 e. The van der Waals surface area contributed by atoms with Crippen molar-refractivity contribution in [2.75, 3.05) is 0 Å². The monoisotopic (exact) mass is 1140 g/mol. The third kappa shape index (κ3) is 12.0. The van der Waals surface area contributed by atoms with Crippen LogP contribution in [0.1, 0.15) is 22.8 Å². The predicted molar refractivity (Wildman–Crippen MR) is 336 cm³/mol. The van der Waals surface area contributed by atoms with E-state index in [1.165, 1.54) is 86.2 Å². The number of hydrogen-bond acceptors (Lipinski definition) is 1. The molecule has 76 heavy (non-hydrogen) atoms. The third-order valence-corrected chi connectivity index (χ3v) is 22.9. The van der Waals surface area contributed by atoms with Gasteiger partial charge < -0.3 is 5.73 Å². The maximum atomic E-state index is 6.97. The topological polar surface area (TPSA) is 26.0 Å². The van der Waals surface area contributed by atoms with Gasteiger partial charge in [-0.05, 0) is 118 Å². The minimum atomic E-state index is -1.37. The van der Waals surface area contributed by atoms with Crippen LogP contribution in [-0.4, -0.2) is 0 Å². The fourth-order valence-corrected chi connectivity index (χ4v) is 19.5. The van der Waals surface area contributed by atoms with Gasteiger partial charge in [0, 0.05) is 11.1 Å². The molecule has 0 saturated heterocycles. The number of rotatable bonds is 13. The van der Waals surface area contributed by atoms with E-state index in [2.05, 4.69) is 319 Å². The minimum absolute atomic E-state index is 0.0714. The quantitative estimate of drug-likeness (QED) is 0.0904. The molecule has 12 aromatic rings. The van der Waals surface area contributed by atoms with Crippen LogP contribution in [0, 0.1) is 0 Å². The van der Waals surface area contributed by atoms with Gasteiger partial charge in [-0.3, -0.25) is 0 Å². The molecule has 0 heterocycles. The van der Waals surface area contributed by atoms with E-state index in [1.54, 1.807) is 0 Å². The summed E-state index contributed by atoms with van der Waals surface area (Å²) in [6.45, 7) is 0. The van der Waals surface area contributed by atoms with Crippen LogP contribution in [0.2, 0.25) is 0 Å². The Morgan fingerprint density at radius 3 is 0.868 bits per heavy atom. The van der Waals surface area contributed by atoms with Gasteiger partial charge in [0.2, 0.25) is 0 Å². The SMILES string of the molecule is N[C@@H](c1ccccc1)[C@H](c1ccccc1)[PH+](c1ccccc1)c1ccccc1.[Cl][Ru+].c1ccc([PH+](c2ccccc2)c2ccc3ccccc3c2-c2c([PH+](c3ccccc3)c3ccccc3)ccc3ccccc23)cc1. The smallest absolute Gasteiger partial charge is 0.0620 e. The van der Waals surface area contributed by atoms with Crippen molar-refractivity contribution in [3.8, 4) is 11.1 Å². The Hall–Kier alpha value is -6.68. The molecule has 0 bridgehead atoms. The zero-order valence-electron chi connectivity index (χ0n) is 42.0. The molecule has 12 rings (SSSR count). The molecule has 2 N–H and O–H groups in total. The van der Waals surface area contributed by atoms with Crippen molar-refractivity contribution in [1.29, 1.82) is 0 Å². The Morgan fingerprint density at radius 1 is 0.276 bits per heavy atom. The zero-order valence-corrected chi connectivity index (χ0v) is 47.5. The number of halogens is 1. The summed E-state index contributed by atoms with van der Waals surface area (Å²) >= 11 is 1.82. The fourth-order valence-electron chi connectivity index (χ4n) is 10.7. The van der Waals surface area contributed by atoms with E-state index in [0.29, 0.717) is 0 Å². The number of fused-ring (bicyclic) bond motifs is 2. The second kappa shape index (κ2) is 26.4. The van der Waals surface area contributed by atoms with E-state index >= 15 is 0 Å². The van der Waals surface area contributed by atoms with Crippen LogP contribution < -0.4 is 48.2 Å². The molecule has 0 aliphatic rings. The molecular formula is C70H59ClNP3Ru+4. The summed E-state index contributed by atoms with van der Waals surface area (Å²) in [6, 6.07) is 115. The Kier molecular flexibility index (Phi) is 18.3. The second-order valence-corrected chi connectivity index (χ2v) is 26.1. The van der Waals surface area contributed by atoms with Crippen LogP contribution in [0.3, 0.4) is 0 Å². The van der Waals surface area contributed by atoms with Gasteiger partial charge in [0.05, 0.1) is 40.4 Å². The van der Waals surface area contributed by atoms with Crippen molar-refractivity contribution in [1.82, 2.24) is 0 Å². The summed E-state index contributed by atoms with van der Waals surface area (Å²) in [7, 11) is 0.665. The maximum Gasteiger partial charge on any atom is 0.111 e. The molecule has 0 saturated carbocycles. The van der Waals surface area contributed by atoms with E-state index in [-0.39, 0.29) is 11.7 Å². The van der Waals surface area contributed by atoms with Crippen molar-refractivity contribution < 1.29 is 17.3 Å². The molecule has 370 valence electrons. The van der Waals surface area contributed by atoms with E-state index in [0.717, 1.165) is 0 Å². The predicted octanol–water partition coefficient (Wildman–Crippen LogP) is 14.6. The first-order valence-electron chi connectivity index (χ1n) is 25.7.